The highest BCUT2D eigenvalue weighted by Gasteiger charge is 2.26. The van der Waals surface area contributed by atoms with Crippen LogP contribution in [0, 0.1) is 19.8 Å². The monoisotopic (exact) mass is 720 g/mol. The summed E-state index contributed by atoms with van der Waals surface area (Å²) in [6.07, 6.45) is 2.84. The molecule has 1 saturated heterocycles. The number of carbonyl (C=O) groups is 2. The van der Waals surface area contributed by atoms with Gasteiger partial charge in [0.15, 0.2) is 6.35 Å². The SMILES string of the molecule is CC(C)COC(=O)SSCC=O.COc1ccc(Cc2c(C)cc(OCP3OCCC(c4cccc(Cl)c4)O3)cc2C)cc1C(C)C. The molecule has 11 heteroatoms. The summed E-state index contributed by atoms with van der Waals surface area (Å²) in [5.74, 6) is 2.88. The van der Waals surface area contributed by atoms with E-state index in [1.54, 1.807) is 7.11 Å². The van der Waals surface area contributed by atoms with Crippen molar-refractivity contribution in [2.24, 2.45) is 5.92 Å². The molecule has 1 fully saturated rings. The van der Waals surface area contributed by atoms with Crippen LogP contribution in [0.5, 0.6) is 11.5 Å². The number of ether oxygens (including phenoxy) is 3. The summed E-state index contributed by atoms with van der Waals surface area (Å²) in [6, 6.07) is 18.6. The van der Waals surface area contributed by atoms with E-state index in [2.05, 4.69) is 64.1 Å². The van der Waals surface area contributed by atoms with Crippen LogP contribution in [0.1, 0.15) is 79.5 Å². The Kier molecular flexibility index (Phi) is 16.9. The number of halogens is 1. The van der Waals surface area contributed by atoms with E-state index < -0.39 is 8.38 Å². The molecule has 0 radical (unpaired) electrons. The van der Waals surface area contributed by atoms with E-state index in [1.165, 1.54) is 38.6 Å². The lowest BCUT2D eigenvalue weighted by molar-refractivity contribution is -0.105. The van der Waals surface area contributed by atoms with E-state index >= 15 is 0 Å². The van der Waals surface area contributed by atoms with Gasteiger partial charge in [0.1, 0.15) is 17.8 Å². The maximum absolute atomic E-state index is 10.8. The normalized spacial score (nSPS) is 16.0. The van der Waals surface area contributed by atoms with Gasteiger partial charge >= 0.3 is 5.30 Å². The molecule has 0 saturated carbocycles. The van der Waals surface area contributed by atoms with Crippen molar-refractivity contribution in [2.75, 3.05) is 32.4 Å². The van der Waals surface area contributed by atoms with Crippen molar-refractivity contribution < 1.29 is 32.8 Å². The van der Waals surface area contributed by atoms with Crippen molar-refractivity contribution in [3.05, 3.63) is 93.0 Å². The fourth-order valence-electron chi connectivity index (χ4n) is 4.85. The highest BCUT2D eigenvalue weighted by molar-refractivity contribution is 8.82. The Bertz CT molecular complexity index is 1430. The average molecular weight is 721 g/mol. The molecule has 47 heavy (non-hydrogen) atoms. The zero-order valence-corrected chi connectivity index (χ0v) is 31.5. The molecule has 2 unspecified atom stereocenters. The minimum atomic E-state index is -1.13. The van der Waals surface area contributed by atoms with E-state index in [0.29, 0.717) is 37.2 Å². The van der Waals surface area contributed by atoms with Gasteiger partial charge in [-0.15, -0.1) is 0 Å². The van der Waals surface area contributed by atoms with Crippen LogP contribution in [0.25, 0.3) is 0 Å². The van der Waals surface area contributed by atoms with Crippen LogP contribution in [0.15, 0.2) is 54.6 Å². The second-order valence-corrected chi connectivity index (χ2v) is 15.9. The van der Waals surface area contributed by atoms with E-state index in [4.69, 9.17) is 34.9 Å². The first kappa shape index (κ1) is 39.2. The number of hydrogen-bond donors (Lipinski definition) is 0. The molecule has 2 atom stereocenters. The van der Waals surface area contributed by atoms with Gasteiger partial charge in [0.05, 0.1) is 32.2 Å². The highest BCUT2D eigenvalue weighted by Crippen LogP contribution is 2.49. The van der Waals surface area contributed by atoms with Gasteiger partial charge in [-0.1, -0.05) is 74.4 Å². The minimum Gasteiger partial charge on any atom is -0.496 e. The van der Waals surface area contributed by atoms with Crippen LogP contribution >= 0.6 is 41.6 Å². The lowest BCUT2D eigenvalue weighted by Gasteiger charge is -2.29. The molecule has 3 aromatic carbocycles. The van der Waals surface area contributed by atoms with Gasteiger partial charge in [0.25, 0.3) is 0 Å². The molecule has 0 amide bonds. The molecule has 0 aromatic heterocycles. The number of methoxy groups -OCH3 is 1. The van der Waals surface area contributed by atoms with Gasteiger partial charge in [-0.2, -0.15) is 0 Å². The largest absolute Gasteiger partial charge is 0.496 e. The molecule has 1 heterocycles. The summed E-state index contributed by atoms with van der Waals surface area (Å²) < 4.78 is 28.6. The third-order valence-corrected chi connectivity index (χ3v) is 10.5. The van der Waals surface area contributed by atoms with Crippen LogP contribution in [0.3, 0.4) is 0 Å². The van der Waals surface area contributed by atoms with Gasteiger partial charge in [-0.05, 0) is 95.8 Å². The third kappa shape index (κ3) is 13.3. The van der Waals surface area contributed by atoms with Crippen molar-refractivity contribution in [3.8, 4) is 11.5 Å². The molecule has 0 spiro atoms. The fraction of sp³-hybridized carbons (Fsp3) is 0.444. The lowest BCUT2D eigenvalue weighted by Crippen LogP contribution is -2.14. The number of benzene rings is 3. The molecule has 1 aliphatic heterocycles. The molecule has 0 N–H and O–H groups in total. The zero-order valence-electron chi connectivity index (χ0n) is 28.2. The predicted octanol–water partition coefficient (Wildman–Crippen LogP) is 10.9. The van der Waals surface area contributed by atoms with Gasteiger partial charge in [-0.25, -0.2) is 4.79 Å². The first-order valence-electron chi connectivity index (χ1n) is 15.6. The maximum atomic E-state index is 10.8. The Hall–Kier alpha value is -2.26. The summed E-state index contributed by atoms with van der Waals surface area (Å²) in [5, 5.41) is 0.398. The molecule has 1 aliphatic rings. The first-order chi connectivity index (χ1) is 22.5. The second-order valence-electron chi connectivity index (χ2n) is 11.8. The van der Waals surface area contributed by atoms with Gasteiger partial charge < -0.3 is 28.1 Å². The minimum absolute atomic E-state index is 0.0109. The smallest absolute Gasteiger partial charge is 0.378 e. The van der Waals surface area contributed by atoms with E-state index in [1.807, 2.05) is 32.0 Å². The molecule has 0 aliphatic carbocycles. The van der Waals surface area contributed by atoms with Gasteiger partial charge in [-0.3, -0.25) is 0 Å². The Morgan fingerprint density at radius 3 is 2.47 bits per heavy atom. The van der Waals surface area contributed by atoms with Crippen molar-refractivity contribution in [1.29, 1.82) is 0 Å². The van der Waals surface area contributed by atoms with Crippen molar-refractivity contribution >= 4 is 53.2 Å². The van der Waals surface area contributed by atoms with Crippen molar-refractivity contribution in [1.82, 2.24) is 0 Å². The van der Waals surface area contributed by atoms with Crippen LogP contribution in [0.2, 0.25) is 5.02 Å². The Morgan fingerprint density at radius 2 is 1.83 bits per heavy atom. The molecule has 256 valence electrons. The first-order valence-corrected chi connectivity index (χ1v) is 19.7. The number of aldehydes is 1. The second kappa shape index (κ2) is 20.3. The summed E-state index contributed by atoms with van der Waals surface area (Å²) in [5.41, 5.74) is 7.38. The average Bonchev–Trinajstić information content (AvgIpc) is 3.05. The van der Waals surface area contributed by atoms with E-state index in [-0.39, 0.29) is 11.4 Å². The van der Waals surface area contributed by atoms with Crippen molar-refractivity contribution in [3.63, 3.8) is 0 Å². The summed E-state index contributed by atoms with van der Waals surface area (Å²) in [6.45, 7) is 13.7. The maximum Gasteiger partial charge on any atom is 0.378 e. The third-order valence-electron chi connectivity index (χ3n) is 7.18. The predicted molar refractivity (Wildman–Crippen MR) is 196 cm³/mol. The quantitative estimate of drug-likeness (QED) is 0.0563. The molecule has 3 aromatic rings. The van der Waals surface area contributed by atoms with Crippen LogP contribution in [-0.4, -0.2) is 44.0 Å². The topological polar surface area (TPSA) is 80.3 Å². The van der Waals surface area contributed by atoms with Gasteiger partial charge in [0, 0.05) is 22.2 Å². The molecule has 7 nitrogen and oxygen atoms in total. The highest BCUT2D eigenvalue weighted by atomic mass is 35.5. The van der Waals surface area contributed by atoms with E-state index in [9.17, 15) is 9.59 Å². The summed E-state index contributed by atoms with van der Waals surface area (Å²) >= 11 is 6.16. The molecular formula is C36H46ClO7PS2. The molecule has 4 rings (SSSR count). The molecular weight excluding hydrogens is 675 g/mol. The number of carbonyl (C=O) groups excluding carboxylic acids is 2. The lowest BCUT2D eigenvalue weighted by atomic mass is 9.93. The standard InChI is InChI=1S/C29H34ClO4P.C7H12O3S2/c1-19(2)26-15-22(9-10-29(26)31-5)16-27-20(3)13-25(14-21(27)4)32-18-35-33-12-11-28(34-35)23-7-6-8-24(30)17-23;1-6(2)5-10-7(9)12-11-4-3-8/h6-10,13-15,17,19,28H,11-12,16,18H2,1-5H3;3,6H,4-5H2,1-2H3. The Morgan fingerprint density at radius 1 is 1.09 bits per heavy atom. The van der Waals surface area contributed by atoms with Crippen LogP contribution < -0.4 is 9.47 Å². The number of rotatable bonds is 13. The fourth-order valence-corrected chi connectivity index (χ4v) is 7.46. The Labute approximate surface area is 294 Å². The molecule has 0 bridgehead atoms. The Balaban J connectivity index is 0.000000426. The van der Waals surface area contributed by atoms with Crippen molar-refractivity contribution in [2.45, 2.75) is 66.4 Å². The number of hydrogen-bond acceptors (Lipinski definition) is 9. The number of aryl methyl sites for hydroxylation is 2. The zero-order chi connectivity index (χ0) is 34.3. The summed E-state index contributed by atoms with van der Waals surface area (Å²) in [4.78, 5) is 20.7. The van der Waals surface area contributed by atoms with Crippen LogP contribution in [0.4, 0.5) is 4.79 Å². The van der Waals surface area contributed by atoms with E-state index in [0.717, 1.165) is 52.0 Å². The summed E-state index contributed by atoms with van der Waals surface area (Å²) in [7, 11) is 2.76. The van der Waals surface area contributed by atoms with Crippen LogP contribution in [-0.2, 0) is 25.0 Å². The van der Waals surface area contributed by atoms with Gasteiger partial charge in [0.2, 0.25) is 8.38 Å².